The average Bonchev–Trinajstić information content (AvgIpc) is 2.39. The van der Waals surface area contributed by atoms with Crippen LogP contribution >= 0.6 is 0 Å². The zero-order chi connectivity index (χ0) is 13.1. The molecule has 0 amide bonds. The lowest BCUT2D eigenvalue weighted by atomic mass is 9.82. The van der Waals surface area contributed by atoms with Gasteiger partial charge < -0.3 is 5.43 Å². The highest BCUT2D eigenvalue weighted by Gasteiger charge is 2.24. The summed E-state index contributed by atoms with van der Waals surface area (Å²) in [5, 5.41) is 0. The first-order chi connectivity index (χ1) is 8.65. The number of hydrogen-bond acceptors (Lipinski definition) is 4. The van der Waals surface area contributed by atoms with Gasteiger partial charge in [-0.3, -0.25) is 0 Å². The summed E-state index contributed by atoms with van der Waals surface area (Å²) in [5.41, 5.74) is 4.90. The van der Waals surface area contributed by atoms with E-state index in [1.807, 2.05) is 6.92 Å². The van der Waals surface area contributed by atoms with Gasteiger partial charge in [0.25, 0.3) is 0 Å². The van der Waals surface area contributed by atoms with E-state index in [9.17, 15) is 0 Å². The molecule has 2 atom stereocenters. The largest absolute Gasteiger partial charge is 0.308 e. The van der Waals surface area contributed by atoms with E-state index in [1.165, 1.54) is 25.7 Å². The Morgan fingerprint density at radius 2 is 2.11 bits per heavy atom. The second-order valence-corrected chi connectivity index (χ2v) is 5.47. The highest BCUT2D eigenvalue weighted by molar-refractivity contribution is 5.45. The van der Waals surface area contributed by atoms with Crippen molar-refractivity contribution in [2.24, 2.45) is 11.8 Å². The molecule has 1 aliphatic rings. The predicted octanol–water partition coefficient (Wildman–Crippen LogP) is 2.93. The topological polar surface area (TPSA) is 63.8 Å². The maximum Gasteiger partial charge on any atom is 0.146 e. The van der Waals surface area contributed by atoms with Gasteiger partial charge in [0.2, 0.25) is 0 Å². The van der Waals surface area contributed by atoms with E-state index in [0.29, 0.717) is 5.92 Å². The lowest BCUT2D eigenvalue weighted by Gasteiger charge is -2.26. The number of hydrogen-bond donors (Lipinski definition) is 2. The van der Waals surface area contributed by atoms with Gasteiger partial charge in [-0.1, -0.05) is 26.7 Å². The summed E-state index contributed by atoms with van der Waals surface area (Å²) in [6.45, 7) is 6.48. The molecule has 100 valence electrons. The van der Waals surface area contributed by atoms with Crippen molar-refractivity contribution in [3.8, 4) is 0 Å². The van der Waals surface area contributed by atoms with Crippen LogP contribution in [0.3, 0.4) is 0 Å². The monoisotopic (exact) mass is 248 g/mol. The molecule has 0 aromatic carbocycles. The lowest BCUT2D eigenvalue weighted by Crippen LogP contribution is -2.18. The third-order valence-corrected chi connectivity index (χ3v) is 4.04. The fourth-order valence-electron chi connectivity index (χ4n) is 2.92. The van der Waals surface area contributed by atoms with E-state index >= 15 is 0 Å². The second kappa shape index (κ2) is 5.65. The third-order valence-electron chi connectivity index (χ3n) is 4.04. The Balaban J connectivity index is 2.32. The van der Waals surface area contributed by atoms with Crippen molar-refractivity contribution >= 4 is 5.82 Å². The molecule has 1 aliphatic carbocycles. The minimum atomic E-state index is 0.506. The quantitative estimate of drug-likeness (QED) is 0.637. The van der Waals surface area contributed by atoms with Gasteiger partial charge in [-0.2, -0.15) is 0 Å². The molecule has 0 saturated heterocycles. The summed E-state index contributed by atoms with van der Waals surface area (Å²) in [6, 6.07) is 0. The van der Waals surface area contributed by atoms with E-state index in [1.54, 1.807) is 0 Å². The van der Waals surface area contributed by atoms with Crippen LogP contribution in [0.25, 0.3) is 0 Å². The van der Waals surface area contributed by atoms with Crippen LogP contribution in [-0.4, -0.2) is 9.97 Å². The van der Waals surface area contributed by atoms with E-state index in [4.69, 9.17) is 10.8 Å². The van der Waals surface area contributed by atoms with Crippen LogP contribution in [0, 0.1) is 12.8 Å². The average molecular weight is 248 g/mol. The minimum absolute atomic E-state index is 0.506. The van der Waals surface area contributed by atoms with Gasteiger partial charge in [0.05, 0.1) is 0 Å². The standard InChI is InChI=1S/C14H24N4/c1-4-12-10(3)13(18-15)17-14(16-12)11-7-5-6-9(2)8-11/h9,11H,4-8,15H2,1-3H3,(H,16,17,18). The van der Waals surface area contributed by atoms with Crippen molar-refractivity contribution in [3.63, 3.8) is 0 Å². The maximum atomic E-state index is 5.56. The number of nitrogens with zero attached hydrogens (tertiary/aromatic N) is 2. The van der Waals surface area contributed by atoms with Gasteiger partial charge in [0, 0.05) is 17.2 Å². The Morgan fingerprint density at radius 3 is 2.72 bits per heavy atom. The molecular weight excluding hydrogens is 224 g/mol. The second-order valence-electron chi connectivity index (χ2n) is 5.47. The number of aryl methyl sites for hydroxylation is 1. The molecule has 3 N–H and O–H groups in total. The zero-order valence-electron chi connectivity index (χ0n) is 11.7. The van der Waals surface area contributed by atoms with Crippen LogP contribution < -0.4 is 11.3 Å². The Morgan fingerprint density at radius 1 is 1.33 bits per heavy atom. The molecule has 1 fully saturated rings. The molecule has 0 bridgehead atoms. The third kappa shape index (κ3) is 2.64. The number of nitrogens with one attached hydrogen (secondary N) is 1. The van der Waals surface area contributed by atoms with Crippen LogP contribution in [0.15, 0.2) is 0 Å². The van der Waals surface area contributed by atoms with Crippen LogP contribution in [-0.2, 0) is 6.42 Å². The number of aromatic nitrogens is 2. The molecular formula is C14H24N4. The SMILES string of the molecule is CCc1nc(C2CCCC(C)C2)nc(NN)c1C. The van der Waals surface area contributed by atoms with Gasteiger partial charge in [0.1, 0.15) is 11.6 Å². The molecule has 1 aromatic heterocycles. The van der Waals surface area contributed by atoms with Crippen LogP contribution in [0.4, 0.5) is 5.82 Å². The number of anilines is 1. The van der Waals surface area contributed by atoms with Crippen LogP contribution in [0.2, 0.25) is 0 Å². The molecule has 0 spiro atoms. The van der Waals surface area contributed by atoms with E-state index in [2.05, 4.69) is 24.3 Å². The first kappa shape index (κ1) is 13.3. The smallest absolute Gasteiger partial charge is 0.146 e. The fraction of sp³-hybridized carbons (Fsp3) is 0.714. The van der Waals surface area contributed by atoms with E-state index in [0.717, 1.165) is 35.2 Å². The van der Waals surface area contributed by atoms with Crippen molar-refractivity contribution < 1.29 is 0 Å². The van der Waals surface area contributed by atoms with Crippen molar-refractivity contribution in [2.45, 2.75) is 58.8 Å². The molecule has 1 saturated carbocycles. The van der Waals surface area contributed by atoms with Crippen molar-refractivity contribution in [1.82, 2.24) is 9.97 Å². The molecule has 4 heteroatoms. The molecule has 4 nitrogen and oxygen atoms in total. The van der Waals surface area contributed by atoms with Gasteiger partial charge in [-0.15, -0.1) is 0 Å². The summed E-state index contributed by atoms with van der Waals surface area (Å²) in [5.74, 6) is 8.62. The summed E-state index contributed by atoms with van der Waals surface area (Å²) in [6.07, 6.45) is 5.97. The number of hydrazine groups is 1. The lowest BCUT2D eigenvalue weighted by molar-refractivity contribution is 0.335. The highest BCUT2D eigenvalue weighted by atomic mass is 15.3. The fourth-order valence-corrected chi connectivity index (χ4v) is 2.92. The van der Waals surface area contributed by atoms with Crippen molar-refractivity contribution in [2.75, 3.05) is 5.43 Å². The molecule has 18 heavy (non-hydrogen) atoms. The molecule has 1 aromatic rings. The van der Waals surface area contributed by atoms with Crippen molar-refractivity contribution in [3.05, 3.63) is 17.1 Å². The van der Waals surface area contributed by atoms with Gasteiger partial charge in [-0.25, -0.2) is 15.8 Å². The summed E-state index contributed by atoms with van der Waals surface area (Å²) < 4.78 is 0. The first-order valence-corrected chi connectivity index (χ1v) is 6.99. The van der Waals surface area contributed by atoms with Gasteiger partial charge in [0.15, 0.2) is 0 Å². The predicted molar refractivity (Wildman–Crippen MR) is 74.3 cm³/mol. The van der Waals surface area contributed by atoms with Crippen LogP contribution in [0.5, 0.6) is 0 Å². The minimum Gasteiger partial charge on any atom is -0.308 e. The number of nitrogens with two attached hydrogens (primary N) is 1. The summed E-state index contributed by atoms with van der Waals surface area (Å²) in [4.78, 5) is 9.36. The van der Waals surface area contributed by atoms with Gasteiger partial charge >= 0.3 is 0 Å². The Hall–Kier alpha value is -1.16. The van der Waals surface area contributed by atoms with Gasteiger partial charge in [-0.05, 0) is 32.1 Å². The van der Waals surface area contributed by atoms with Crippen LogP contribution in [0.1, 0.15) is 62.5 Å². The van der Waals surface area contributed by atoms with E-state index < -0.39 is 0 Å². The number of rotatable bonds is 3. The molecule has 2 unspecified atom stereocenters. The zero-order valence-corrected chi connectivity index (χ0v) is 11.7. The Kier molecular flexibility index (Phi) is 4.17. The van der Waals surface area contributed by atoms with E-state index in [-0.39, 0.29) is 0 Å². The molecule has 1 heterocycles. The Bertz CT molecular complexity index is 391. The highest BCUT2D eigenvalue weighted by Crippen LogP contribution is 2.35. The normalized spacial score (nSPS) is 24.0. The molecule has 2 rings (SSSR count). The Labute approximate surface area is 109 Å². The maximum absolute atomic E-state index is 5.56. The molecule has 0 radical (unpaired) electrons. The first-order valence-electron chi connectivity index (χ1n) is 6.99. The van der Waals surface area contributed by atoms with Crippen molar-refractivity contribution in [1.29, 1.82) is 0 Å². The molecule has 0 aliphatic heterocycles. The summed E-state index contributed by atoms with van der Waals surface area (Å²) in [7, 11) is 0. The summed E-state index contributed by atoms with van der Waals surface area (Å²) >= 11 is 0. The number of nitrogen functional groups attached to an aromatic ring is 1.